The molecule has 23 heavy (non-hydrogen) atoms. The summed E-state index contributed by atoms with van der Waals surface area (Å²) in [5.74, 6) is 0. The second-order valence-corrected chi connectivity index (χ2v) is 24.3. The predicted octanol–water partition coefficient (Wildman–Crippen LogP) is 4.33. The van der Waals surface area contributed by atoms with Gasteiger partial charge in [0.25, 0.3) is 0 Å². The van der Waals surface area contributed by atoms with E-state index >= 15 is 0 Å². The quantitative estimate of drug-likeness (QED) is 0.674. The van der Waals surface area contributed by atoms with E-state index in [0.29, 0.717) is 3.49 Å². The van der Waals surface area contributed by atoms with Gasteiger partial charge < -0.3 is 0 Å². The molecule has 2 aromatic heterocycles. The molecule has 0 saturated heterocycles. The zero-order chi connectivity index (χ0) is 17.1. The minimum absolute atomic E-state index is 0.233. The van der Waals surface area contributed by atoms with Gasteiger partial charge in [0.15, 0.2) is 0 Å². The van der Waals surface area contributed by atoms with Crippen molar-refractivity contribution < 1.29 is 0 Å². The van der Waals surface area contributed by atoms with Crippen molar-refractivity contribution in [3.63, 3.8) is 0 Å². The van der Waals surface area contributed by atoms with Crippen LogP contribution in [0.4, 0.5) is 0 Å². The van der Waals surface area contributed by atoms with E-state index in [4.69, 9.17) is 4.98 Å². The van der Waals surface area contributed by atoms with Crippen LogP contribution in [0.2, 0.25) is 39.3 Å². The Morgan fingerprint density at radius 1 is 0.826 bits per heavy atom. The Balaban J connectivity index is 2.50. The van der Waals surface area contributed by atoms with Crippen molar-refractivity contribution in [1.29, 1.82) is 0 Å². The summed E-state index contributed by atoms with van der Waals surface area (Å²) in [4.78, 5) is 9.46. The summed E-state index contributed by atoms with van der Waals surface area (Å²) in [6.45, 7) is 15.3. The molecule has 2 rings (SSSR count). The van der Waals surface area contributed by atoms with Crippen molar-refractivity contribution in [2.24, 2.45) is 0 Å². The first kappa shape index (κ1) is 18.6. The summed E-state index contributed by atoms with van der Waals surface area (Å²) < 4.78 is 0.374. The van der Waals surface area contributed by atoms with Crippen LogP contribution < -0.4 is 0 Å². The van der Waals surface area contributed by atoms with Gasteiger partial charge in [0.05, 0.1) is 0 Å². The average Bonchev–Trinajstić information content (AvgIpc) is 2.47. The molecule has 5 heteroatoms. The van der Waals surface area contributed by atoms with Crippen molar-refractivity contribution in [1.82, 2.24) is 9.97 Å². The monoisotopic (exact) mass is 402 g/mol. The molecule has 0 unspecified atom stereocenters. The van der Waals surface area contributed by atoms with Crippen molar-refractivity contribution in [3.05, 3.63) is 60.2 Å². The molecule has 0 aliphatic heterocycles. The summed E-state index contributed by atoms with van der Waals surface area (Å²) in [7, 11) is -2.88. The van der Waals surface area contributed by atoms with Gasteiger partial charge in [-0.05, 0) is 0 Å². The average molecular weight is 401 g/mol. The number of pyridine rings is 2. The molecule has 2 radical (unpaired) electrons. The summed E-state index contributed by atoms with van der Waals surface area (Å²) in [6, 6.07) is 12.8. The van der Waals surface area contributed by atoms with Crippen LogP contribution in [0.15, 0.2) is 48.8 Å². The summed E-state index contributed by atoms with van der Waals surface area (Å²) >= 11 is -0.233. The molecular formula is C18H28GeN2Si2. The van der Waals surface area contributed by atoms with E-state index in [1.165, 1.54) is 11.4 Å². The summed E-state index contributed by atoms with van der Waals surface area (Å²) in [5.41, 5.74) is 2.62. The third-order valence-electron chi connectivity index (χ3n) is 4.56. The van der Waals surface area contributed by atoms with Gasteiger partial charge in [-0.1, -0.05) is 0 Å². The molecule has 0 N–H and O–H groups in total. The van der Waals surface area contributed by atoms with Crippen molar-refractivity contribution in [2.45, 2.75) is 48.0 Å². The standard InChI is InChI=1S/C18H28GeN2Si2/c1-22(2,3)18(23(4,5)6,17-12-8-10-14-21-17)19-15-16-11-7-9-13-20-16/h7-14H,15H2,1-6H3. The van der Waals surface area contributed by atoms with Crippen LogP contribution in [0, 0.1) is 0 Å². The van der Waals surface area contributed by atoms with Crippen molar-refractivity contribution in [3.8, 4) is 0 Å². The second kappa shape index (κ2) is 7.03. The SMILES string of the molecule is C[Si](C)(C)[C]([Ge][CH2]c1ccccn1)(c1ccccn1)[Si](C)(C)C. The molecule has 0 saturated carbocycles. The zero-order valence-corrected chi connectivity index (χ0v) is 19.3. The van der Waals surface area contributed by atoms with Gasteiger partial charge >= 0.3 is 150 Å². The molecule has 2 heterocycles. The molecule has 0 bridgehead atoms. The Hall–Kier alpha value is -0.723. The first-order valence-electron chi connectivity index (χ1n) is 8.25. The number of hydrogen-bond acceptors (Lipinski definition) is 2. The van der Waals surface area contributed by atoms with E-state index in [1.807, 2.05) is 24.5 Å². The molecule has 0 aliphatic rings. The van der Waals surface area contributed by atoms with E-state index in [2.05, 4.69) is 68.5 Å². The molecule has 2 aromatic rings. The van der Waals surface area contributed by atoms with Gasteiger partial charge in [-0.25, -0.2) is 0 Å². The van der Waals surface area contributed by atoms with Crippen LogP contribution in [0.3, 0.4) is 0 Å². The molecule has 2 nitrogen and oxygen atoms in total. The van der Waals surface area contributed by atoms with Crippen LogP contribution in [0.25, 0.3) is 0 Å². The van der Waals surface area contributed by atoms with Crippen LogP contribution in [0.5, 0.6) is 0 Å². The van der Waals surface area contributed by atoms with Gasteiger partial charge in [-0.3, -0.25) is 0 Å². The predicted molar refractivity (Wildman–Crippen MR) is 106 cm³/mol. The Kier molecular flexibility index (Phi) is 5.69. The number of nitrogens with zero attached hydrogens (tertiary/aromatic N) is 2. The molecule has 0 spiro atoms. The van der Waals surface area contributed by atoms with Crippen LogP contribution in [-0.2, 0) is 8.75 Å². The Bertz CT molecular complexity index is 605. The van der Waals surface area contributed by atoms with Crippen LogP contribution >= 0.6 is 0 Å². The molecule has 0 fully saturated rings. The molecule has 0 aromatic carbocycles. The van der Waals surface area contributed by atoms with E-state index in [-0.39, 0.29) is 15.4 Å². The fourth-order valence-corrected chi connectivity index (χ4v) is 25.4. The van der Waals surface area contributed by atoms with Crippen molar-refractivity contribution >= 4 is 31.6 Å². The first-order chi connectivity index (χ1) is 10.7. The van der Waals surface area contributed by atoms with Crippen LogP contribution in [-0.4, -0.2) is 41.5 Å². The maximum atomic E-state index is 4.88. The van der Waals surface area contributed by atoms with E-state index in [0.717, 1.165) is 5.25 Å². The summed E-state index contributed by atoms with van der Waals surface area (Å²) in [5, 5.41) is 1.16. The molecule has 0 atom stereocenters. The van der Waals surface area contributed by atoms with E-state index < -0.39 is 16.1 Å². The van der Waals surface area contributed by atoms with Gasteiger partial charge in [0.1, 0.15) is 0 Å². The maximum absolute atomic E-state index is 4.88. The van der Waals surface area contributed by atoms with E-state index in [1.54, 1.807) is 0 Å². The summed E-state index contributed by atoms with van der Waals surface area (Å²) in [6.07, 6.45) is 3.91. The Morgan fingerprint density at radius 3 is 1.83 bits per heavy atom. The molecule has 0 aliphatic carbocycles. The van der Waals surface area contributed by atoms with Gasteiger partial charge in [-0.2, -0.15) is 0 Å². The number of aromatic nitrogens is 2. The minimum atomic E-state index is -1.44. The Morgan fingerprint density at radius 2 is 1.39 bits per heavy atom. The van der Waals surface area contributed by atoms with Gasteiger partial charge in [0, 0.05) is 0 Å². The molecule has 122 valence electrons. The second-order valence-electron chi connectivity index (χ2n) is 8.14. The normalized spacial score (nSPS) is 13.1. The molecular weight excluding hydrogens is 373 g/mol. The van der Waals surface area contributed by atoms with E-state index in [9.17, 15) is 0 Å². The van der Waals surface area contributed by atoms with Gasteiger partial charge in [-0.15, -0.1) is 0 Å². The fraction of sp³-hybridized carbons (Fsp3) is 0.444. The van der Waals surface area contributed by atoms with Gasteiger partial charge in [0.2, 0.25) is 0 Å². The number of hydrogen-bond donors (Lipinski definition) is 0. The molecule has 0 amide bonds. The number of rotatable bonds is 6. The third kappa shape index (κ3) is 3.86. The fourth-order valence-electron chi connectivity index (χ4n) is 3.82. The topological polar surface area (TPSA) is 25.8 Å². The third-order valence-corrected chi connectivity index (χ3v) is 28.1. The van der Waals surface area contributed by atoms with Crippen LogP contribution in [0.1, 0.15) is 11.4 Å². The Labute approximate surface area is 149 Å². The van der Waals surface area contributed by atoms with Crippen molar-refractivity contribution in [2.75, 3.05) is 0 Å². The first-order valence-corrected chi connectivity index (χ1v) is 17.8. The zero-order valence-electron chi connectivity index (χ0n) is 15.2.